The van der Waals surface area contributed by atoms with Gasteiger partial charge in [-0.15, -0.1) is 0 Å². The van der Waals surface area contributed by atoms with Gasteiger partial charge in [-0.2, -0.15) is 12.6 Å². The number of nitrogens with one attached hydrogen (secondary N) is 5. The molecule has 2 heterocycles. The summed E-state index contributed by atoms with van der Waals surface area (Å²) in [7, 11) is 0. The first-order valence-corrected chi connectivity index (χ1v) is 10.4. The number of carboxylic acid groups (broad SMARTS) is 1. The zero-order chi connectivity index (χ0) is 24.4. The maximum absolute atomic E-state index is 12.9. The van der Waals surface area contributed by atoms with E-state index in [-0.39, 0.29) is 18.6 Å². The van der Waals surface area contributed by atoms with Gasteiger partial charge in [0.2, 0.25) is 17.7 Å². The molecule has 2 rings (SSSR count). The summed E-state index contributed by atoms with van der Waals surface area (Å²) >= 11 is 4.04. The molecule has 4 unspecified atom stereocenters. The molecule has 9 N–H and O–H groups in total. The number of hydrogen-bond acceptors (Lipinski definition) is 9. The highest BCUT2D eigenvalue weighted by Crippen LogP contribution is 2.04. The minimum Gasteiger partial charge on any atom is -0.480 e. The Morgan fingerprint density at radius 2 is 1.39 bits per heavy atom. The highest BCUT2D eigenvalue weighted by atomic mass is 32.1. The molecule has 180 valence electrons. The molecule has 15 heteroatoms. The number of carbonyl (C=O) groups is 4. The zero-order valence-corrected chi connectivity index (χ0v) is 18.3. The number of aromatic amines is 2. The summed E-state index contributed by atoms with van der Waals surface area (Å²) in [6, 6.07) is -4.88. The number of nitrogens with zero attached hydrogens (tertiary/aromatic N) is 2. The van der Waals surface area contributed by atoms with Crippen molar-refractivity contribution in [2.24, 2.45) is 5.73 Å². The van der Waals surface area contributed by atoms with E-state index in [0.717, 1.165) is 0 Å². The SMILES string of the molecule is NC(CO)C(=O)NC(CS)C(=O)NC(Cc1cnc[nH]1)C(=O)NC(Cc1cnc[nH]1)C(=O)O. The van der Waals surface area contributed by atoms with E-state index >= 15 is 0 Å². The van der Waals surface area contributed by atoms with E-state index in [1.165, 1.54) is 25.0 Å². The molecule has 0 radical (unpaired) electrons. The van der Waals surface area contributed by atoms with Crippen molar-refractivity contribution >= 4 is 36.3 Å². The van der Waals surface area contributed by atoms with E-state index in [2.05, 4.69) is 48.5 Å². The van der Waals surface area contributed by atoms with Crippen LogP contribution < -0.4 is 21.7 Å². The first-order chi connectivity index (χ1) is 15.7. The van der Waals surface area contributed by atoms with Crippen molar-refractivity contribution in [3.05, 3.63) is 36.4 Å². The van der Waals surface area contributed by atoms with Gasteiger partial charge in [-0.05, 0) is 0 Å². The number of thiol groups is 1. The van der Waals surface area contributed by atoms with E-state index in [1.54, 1.807) is 0 Å². The van der Waals surface area contributed by atoms with Gasteiger partial charge < -0.3 is 41.9 Å². The Hall–Kier alpha value is -3.43. The van der Waals surface area contributed by atoms with Crippen LogP contribution in [0.4, 0.5) is 0 Å². The molecule has 0 aliphatic carbocycles. The van der Waals surface area contributed by atoms with Crippen LogP contribution in [0.1, 0.15) is 11.4 Å². The molecule has 4 atom stereocenters. The minimum atomic E-state index is -1.29. The molecular weight excluding hydrogens is 456 g/mol. The van der Waals surface area contributed by atoms with Gasteiger partial charge in [0.15, 0.2) is 0 Å². The predicted molar refractivity (Wildman–Crippen MR) is 117 cm³/mol. The Morgan fingerprint density at radius 1 is 0.909 bits per heavy atom. The lowest BCUT2D eigenvalue weighted by molar-refractivity contribution is -0.142. The predicted octanol–water partition coefficient (Wildman–Crippen LogP) is -3.29. The second-order valence-electron chi connectivity index (χ2n) is 7.06. The van der Waals surface area contributed by atoms with Crippen molar-refractivity contribution < 1.29 is 29.4 Å². The average Bonchev–Trinajstić information content (AvgIpc) is 3.49. The Labute approximate surface area is 193 Å². The van der Waals surface area contributed by atoms with Gasteiger partial charge in [0.05, 0.1) is 19.3 Å². The summed E-state index contributed by atoms with van der Waals surface area (Å²) in [6.07, 6.45) is 5.56. The summed E-state index contributed by atoms with van der Waals surface area (Å²) in [4.78, 5) is 62.5. The molecule has 0 bridgehead atoms. The van der Waals surface area contributed by atoms with Crippen molar-refractivity contribution in [1.82, 2.24) is 35.9 Å². The summed E-state index contributed by atoms with van der Waals surface area (Å²) in [5.74, 6) is -3.68. The summed E-state index contributed by atoms with van der Waals surface area (Å²) in [5.41, 5.74) is 6.44. The van der Waals surface area contributed by atoms with Gasteiger partial charge in [0.1, 0.15) is 24.2 Å². The van der Waals surface area contributed by atoms with Gasteiger partial charge in [0, 0.05) is 42.4 Å². The Balaban J connectivity index is 2.13. The summed E-state index contributed by atoms with van der Waals surface area (Å²) < 4.78 is 0. The lowest BCUT2D eigenvalue weighted by atomic mass is 10.1. The van der Waals surface area contributed by atoms with Crippen LogP contribution in [-0.4, -0.2) is 90.4 Å². The third-order valence-corrected chi connectivity index (χ3v) is 4.92. The van der Waals surface area contributed by atoms with Crippen LogP contribution >= 0.6 is 12.6 Å². The molecule has 14 nitrogen and oxygen atoms in total. The smallest absolute Gasteiger partial charge is 0.326 e. The van der Waals surface area contributed by atoms with Crippen LogP contribution in [0.3, 0.4) is 0 Å². The number of hydrogen-bond donors (Lipinski definition) is 9. The number of amides is 3. The van der Waals surface area contributed by atoms with E-state index in [1.807, 2.05) is 0 Å². The van der Waals surface area contributed by atoms with E-state index in [0.29, 0.717) is 11.4 Å². The number of nitrogens with two attached hydrogens (primary N) is 1. The van der Waals surface area contributed by atoms with Gasteiger partial charge in [-0.3, -0.25) is 14.4 Å². The number of rotatable bonds is 13. The average molecular weight is 483 g/mol. The fourth-order valence-corrected chi connectivity index (χ4v) is 3.00. The van der Waals surface area contributed by atoms with Gasteiger partial charge in [0.25, 0.3) is 0 Å². The number of aromatic nitrogens is 4. The number of aliphatic hydroxyl groups excluding tert-OH is 1. The maximum Gasteiger partial charge on any atom is 0.326 e. The standard InChI is InChI=1S/C18H26N8O6S/c19-11(5-27)15(28)26-14(6-33)17(30)24-12(1-9-3-20-7-22-9)16(29)25-13(18(31)32)2-10-4-21-8-23-10/h3-4,7-8,11-14,27,33H,1-2,5-6,19H2,(H,20,22)(H,21,23)(H,24,30)(H,25,29)(H,26,28)(H,31,32). The molecule has 0 aliphatic heterocycles. The second-order valence-corrected chi connectivity index (χ2v) is 7.42. The lowest BCUT2D eigenvalue weighted by Gasteiger charge is -2.24. The second kappa shape index (κ2) is 12.6. The maximum atomic E-state index is 12.9. The van der Waals surface area contributed by atoms with Gasteiger partial charge in [-0.25, -0.2) is 14.8 Å². The van der Waals surface area contributed by atoms with Gasteiger partial charge >= 0.3 is 5.97 Å². The minimum absolute atomic E-state index is 0.0304. The lowest BCUT2D eigenvalue weighted by Crippen LogP contribution is -2.58. The molecule has 0 spiro atoms. The number of aliphatic carboxylic acids is 1. The van der Waals surface area contributed by atoms with E-state index in [9.17, 15) is 24.3 Å². The van der Waals surface area contributed by atoms with Crippen molar-refractivity contribution in [2.75, 3.05) is 12.4 Å². The topological polar surface area (TPSA) is 228 Å². The van der Waals surface area contributed by atoms with Crippen LogP contribution in [0.15, 0.2) is 25.0 Å². The summed E-state index contributed by atoms with van der Waals surface area (Å²) in [6.45, 7) is -0.621. The molecule has 3 amide bonds. The monoisotopic (exact) mass is 482 g/mol. The molecule has 2 aromatic rings. The third-order valence-electron chi connectivity index (χ3n) is 4.55. The third kappa shape index (κ3) is 7.89. The largest absolute Gasteiger partial charge is 0.480 e. The molecule has 33 heavy (non-hydrogen) atoms. The van der Waals surface area contributed by atoms with E-state index in [4.69, 9.17) is 10.8 Å². The van der Waals surface area contributed by atoms with Crippen molar-refractivity contribution in [1.29, 1.82) is 0 Å². The van der Waals surface area contributed by atoms with Crippen LogP contribution in [-0.2, 0) is 32.0 Å². The molecule has 0 aromatic carbocycles. The summed E-state index contributed by atoms with van der Waals surface area (Å²) in [5, 5.41) is 25.7. The molecule has 2 aromatic heterocycles. The Morgan fingerprint density at radius 3 is 1.85 bits per heavy atom. The molecular formula is C18H26N8O6S. The fourth-order valence-electron chi connectivity index (χ4n) is 2.74. The highest BCUT2D eigenvalue weighted by molar-refractivity contribution is 7.80. The molecule has 0 saturated carbocycles. The van der Waals surface area contributed by atoms with Crippen molar-refractivity contribution in [3.8, 4) is 0 Å². The van der Waals surface area contributed by atoms with Crippen LogP contribution in [0, 0.1) is 0 Å². The van der Waals surface area contributed by atoms with Crippen molar-refractivity contribution in [2.45, 2.75) is 37.0 Å². The first-order valence-electron chi connectivity index (χ1n) is 9.80. The van der Waals surface area contributed by atoms with Gasteiger partial charge in [-0.1, -0.05) is 0 Å². The van der Waals surface area contributed by atoms with E-state index < -0.39 is 54.5 Å². The van der Waals surface area contributed by atoms with Crippen LogP contribution in [0.5, 0.6) is 0 Å². The van der Waals surface area contributed by atoms with Crippen LogP contribution in [0.2, 0.25) is 0 Å². The Kier molecular flexibility index (Phi) is 9.84. The number of carboxylic acids is 1. The normalized spacial score (nSPS) is 14.5. The van der Waals surface area contributed by atoms with Crippen molar-refractivity contribution in [3.63, 3.8) is 0 Å². The molecule has 0 aliphatic rings. The van der Waals surface area contributed by atoms with Crippen LogP contribution in [0.25, 0.3) is 0 Å². The Bertz CT molecular complexity index is 923. The highest BCUT2D eigenvalue weighted by Gasteiger charge is 2.30. The first kappa shape index (κ1) is 25.8. The fraction of sp³-hybridized carbons (Fsp3) is 0.444. The number of carbonyl (C=O) groups excluding carboxylic acids is 3. The molecule has 0 saturated heterocycles. The number of aliphatic hydroxyl groups is 1. The quantitative estimate of drug-likeness (QED) is 0.130. The number of imidazole rings is 2. The number of H-pyrrole nitrogens is 2. The molecule has 0 fully saturated rings. The zero-order valence-electron chi connectivity index (χ0n) is 17.4.